The molecule has 1 saturated heterocycles. The first-order valence-electron chi connectivity index (χ1n) is 8.45. The van der Waals surface area contributed by atoms with Gasteiger partial charge in [-0.05, 0) is 44.8 Å². The van der Waals surface area contributed by atoms with Gasteiger partial charge in [0.1, 0.15) is 0 Å². The van der Waals surface area contributed by atoms with E-state index in [-0.39, 0.29) is 17.7 Å². The molecule has 2 saturated carbocycles. The smallest absolute Gasteiger partial charge is 0.315 e. The Kier molecular flexibility index (Phi) is 4.99. The Morgan fingerprint density at radius 2 is 1.95 bits per heavy atom. The summed E-state index contributed by atoms with van der Waals surface area (Å²) in [7, 11) is 0. The molecule has 0 bridgehead atoms. The first-order valence-corrected chi connectivity index (χ1v) is 9.73. The lowest BCUT2D eigenvalue weighted by Gasteiger charge is -2.38. The molecule has 2 amide bonds. The Morgan fingerprint density at radius 1 is 1.14 bits per heavy atom. The molecule has 0 radical (unpaired) electrons. The molecule has 0 unspecified atom stereocenters. The van der Waals surface area contributed by atoms with Crippen LogP contribution in [0.5, 0.6) is 0 Å². The van der Waals surface area contributed by atoms with Gasteiger partial charge in [0, 0.05) is 23.9 Å². The molecule has 120 valence electrons. The van der Waals surface area contributed by atoms with Crippen LogP contribution in [0.1, 0.15) is 57.8 Å². The van der Waals surface area contributed by atoms with Crippen LogP contribution in [0.15, 0.2) is 0 Å². The summed E-state index contributed by atoms with van der Waals surface area (Å²) in [6, 6.07) is 0.660. The SMILES string of the molecule is CS[C@@H]1CCC[C@H]1NC(=O)N[C@H]1CCOC2(CCCC2)C1. The first-order chi connectivity index (χ1) is 10.2. The van der Waals surface area contributed by atoms with Gasteiger partial charge in [-0.3, -0.25) is 0 Å². The van der Waals surface area contributed by atoms with E-state index in [1.165, 1.54) is 38.5 Å². The van der Waals surface area contributed by atoms with Gasteiger partial charge in [-0.2, -0.15) is 11.8 Å². The third kappa shape index (κ3) is 3.67. The summed E-state index contributed by atoms with van der Waals surface area (Å²) in [4.78, 5) is 12.3. The Balaban J connectivity index is 1.48. The van der Waals surface area contributed by atoms with Gasteiger partial charge in [0.15, 0.2) is 0 Å². The quantitative estimate of drug-likeness (QED) is 0.842. The second-order valence-electron chi connectivity index (χ2n) is 6.86. The van der Waals surface area contributed by atoms with Crippen molar-refractivity contribution in [2.45, 2.75) is 80.7 Å². The molecule has 1 aliphatic heterocycles. The number of amides is 2. The lowest BCUT2D eigenvalue weighted by Crippen LogP contribution is -2.52. The highest BCUT2D eigenvalue weighted by molar-refractivity contribution is 7.99. The maximum Gasteiger partial charge on any atom is 0.315 e. The Hall–Kier alpha value is -0.420. The lowest BCUT2D eigenvalue weighted by molar-refractivity contribution is -0.0820. The summed E-state index contributed by atoms with van der Waals surface area (Å²) >= 11 is 1.88. The van der Waals surface area contributed by atoms with Crippen molar-refractivity contribution in [3.63, 3.8) is 0 Å². The zero-order valence-corrected chi connectivity index (χ0v) is 13.8. The van der Waals surface area contributed by atoms with E-state index in [2.05, 4.69) is 16.9 Å². The highest BCUT2D eigenvalue weighted by atomic mass is 32.2. The fourth-order valence-corrected chi connectivity index (χ4v) is 5.22. The van der Waals surface area contributed by atoms with Gasteiger partial charge < -0.3 is 15.4 Å². The topological polar surface area (TPSA) is 50.4 Å². The molecular weight excluding hydrogens is 284 g/mol. The summed E-state index contributed by atoms with van der Waals surface area (Å²) < 4.78 is 6.03. The highest BCUT2D eigenvalue weighted by Gasteiger charge is 2.40. The van der Waals surface area contributed by atoms with Gasteiger partial charge in [0.2, 0.25) is 0 Å². The van der Waals surface area contributed by atoms with Crippen molar-refractivity contribution in [1.82, 2.24) is 10.6 Å². The van der Waals surface area contributed by atoms with Gasteiger partial charge >= 0.3 is 6.03 Å². The minimum Gasteiger partial charge on any atom is -0.375 e. The zero-order valence-electron chi connectivity index (χ0n) is 13.0. The van der Waals surface area contributed by atoms with Crippen molar-refractivity contribution in [1.29, 1.82) is 0 Å². The zero-order chi connectivity index (χ0) is 14.7. The molecule has 0 aromatic heterocycles. The standard InChI is InChI=1S/C16H28N2O2S/c1-21-14-6-4-5-13(14)18-15(19)17-12-7-10-20-16(11-12)8-2-3-9-16/h12-14H,2-11H2,1H3,(H2,17,18,19)/t12-,13+,14+/m0/s1. The average molecular weight is 312 g/mol. The molecule has 1 spiro atoms. The summed E-state index contributed by atoms with van der Waals surface area (Å²) in [6.07, 6.45) is 12.6. The normalized spacial score (nSPS) is 35.0. The van der Waals surface area contributed by atoms with Crippen LogP contribution in [0.3, 0.4) is 0 Å². The van der Waals surface area contributed by atoms with Crippen molar-refractivity contribution >= 4 is 17.8 Å². The number of hydrogen-bond donors (Lipinski definition) is 2. The first kappa shape index (κ1) is 15.5. The fraction of sp³-hybridized carbons (Fsp3) is 0.938. The van der Waals surface area contributed by atoms with Gasteiger partial charge in [-0.15, -0.1) is 0 Å². The van der Waals surface area contributed by atoms with Crippen LogP contribution in [0.4, 0.5) is 4.79 Å². The summed E-state index contributed by atoms with van der Waals surface area (Å²) in [5.41, 5.74) is 0.0748. The van der Waals surface area contributed by atoms with Crippen LogP contribution >= 0.6 is 11.8 Å². The second kappa shape index (κ2) is 6.78. The van der Waals surface area contributed by atoms with E-state index >= 15 is 0 Å². The van der Waals surface area contributed by atoms with E-state index in [4.69, 9.17) is 4.74 Å². The number of hydrogen-bond acceptors (Lipinski definition) is 3. The number of urea groups is 1. The van der Waals surface area contributed by atoms with Crippen molar-refractivity contribution in [2.75, 3.05) is 12.9 Å². The van der Waals surface area contributed by atoms with E-state index in [0.29, 0.717) is 11.3 Å². The molecule has 3 fully saturated rings. The Labute approximate surface area is 132 Å². The molecular formula is C16H28N2O2S. The van der Waals surface area contributed by atoms with E-state index in [1.54, 1.807) is 0 Å². The number of nitrogens with one attached hydrogen (secondary N) is 2. The number of thioether (sulfide) groups is 1. The molecule has 0 aromatic rings. The predicted octanol–water partition coefficient (Wildman–Crippen LogP) is 3.06. The molecule has 4 nitrogen and oxygen atoms in total. The van der Waals surface area contributed by atoms with Crippen molar-refractivity contribution in [2.24, 2.45) is 0 Å². The average Bonchev–Trinajstić information content (AvgIpc) is 3.08. The molecule has 2 aliphatic carbocycles. The minimum absolute atomic E-state index is 0.0287. The van der Waals surface area contributed by atoms with Gasteiger partial charge in [0.25, 0.3) is 0 Å². The Morgan fingerprint density at radius 3 is 2.71 bits per heavy atom. The number of carbonyl (C=O) groups is 1. The van der Waals surface area contributed by atoms with Gasteiger partial charge in [-0.25, -0.2) is 4.79 Å². The van der Waals surface area contributed by atoms with Crippen LogP contribution in [0.2, 0.25) is 0 Å². The molecule has 3 rings (SSSR count). The van der Waals surface area contributed by atoms with Crippen LogP contribution in [0.25, 0.3) is 0 Å². The maximum absolute atomic E-state index is 12.3. The molecule has 2 N–H and O–H groups in total. The van der Waals surface area contributed by atoms with Gasteiger partial charge in [-0.1, -0.05) is 19.3 Å². The van der Waals surface area contributed by atoms with Crippen molar-refractivity contribution < 1.29 is 9.53 Å². The lowest BCUT2D eigenvalue weighted by atomic mass is 9.89. The minimum atomic E-state index is 0.0287. The molecule has 1 heterocycles. The monoisotopic (exact) mass is 312 g/mol. The molecule has 5 heteroatoms. The van der Waals surface area contributed by atoms with Crippen LogP contribution in [0, 0.1) is 0 Å². The second-order valence-corrected chi connectivity index (χ2v) is 7.93. The summed E-state index contributed by atoms with van der Waals surface area (Å²) in [5, 5.41) is 6.99. The third-order valence-electron chi connectivity index (χ3n) is 5.41. The fourth-order valence-electron chi connectivity index (χ4n) is 4.29. The predicted molar refractivity (Wildman–Crippen MR) is 86.8 cm³/mol. The number of carbonyl (C=O) groups excluding carboxylic acids is 1. The van der Waals surface area contributed by atoms with E-state index < -0.39 is 0 Å². The molecule has 0 aromatic carbocycles. The summed E-state index contributed by atoms with van der Waals surface area (Å²) in [6.45, 7) is 0.793. The van der Waals surface area contributed by atoms with Gasteiger partial charge in [0.05, 0.1) is 5.60 Å². The van der Waals surface area contributed by atoms with Crippen LogP contribution in [-0.2, 0) is 4.74 Å². The maximum atomic E-state index is 12.3. The van der Waals surface area contributed by atoms with Crippen LogP contribution in [-0.4, -0.2) is 41.8 Å². The van der Waals surface area contributed by atoms with E-state index in [9.17, 15) is 4.79 Å². The van der Waals surface area contributed by atoms with Crippen LogP contribution < -0.4 is 10.6 Å². The summed E-state index contributed by atoms with van der Waals surface area (Å²) in [5.74, 6) is 0. The largest absolute Gasteiger partial charge is 0.375 e. The van der Waals surface area contributed by atoms with Crippen molar-refractivity contribution in [3.05, 3.63) is 0 Å². The molecule has 21 heavy (non-hydrogen) atoms. The Bertz CT molecular complexity index is 371. The van der Waals surface area contributed by atoms with Crippen molar-refractivity contribution in [3.8, 4) is 0 Å². The third-order valence-corrected chi connectivity index (χ3v) is 6.58. The highest BCUT2D eigenvalue weighted by Crippen LogP contribution is 2.40. The number of rotatable bonds is 3. The van der Waals surface area contributed by atoms with E-state index in [0.717, 1.165) is 25.9 Å². The number of ether oxygens (including phenoxy) is 1. The molecule has 3 atom stereocenters. The van der Waals surface area contributed by atoms with E-state index in [1.807, 2.05) is 11.8 Å². The molecule has 3 aliphatic rings.